The average Bonchev–Trinajstić information content (AvgIpc) is 2.41. The highest BCUT2D eigenvalue weighted by Gasteiger charge is 2.21. The lowest BCUT2D eigenvalue weighted by atomic mass is 9.97. The van der Waals surface area contributed by atoms with Crippen LogP contribution in [0.1, 0.15) is 39.2 Å². The van der Waals surface area contributed by atoms with Crippen LogP contribution in [0.3, 0.4) is 0 Å². The molecule has 0 aromatic heterocycles. The van der Waals surface area contributed by atoms with Crippen molar-refractivity contribution in [3.05, 3.63) is 29.8 Å². The maximum Gasteiger partial charge on any atom is 0.0401 e. The minimum Gasteiger partial charge on any atom is -0.367 e. The number of hydrogen-bond acceptors (Lipinski definition) is 2. The third-order valence-corrected chi connectivity index (χ3v) is 4.12. The zero-order chi connectivity index (χ0) is 13.0. The van der Waals surface area contributed by atoms with Crippen LogP contribution in [0.25, 0.3) is 0 Å². The normalized spacial score (nSPS) is 20.6. The Morgan fingerprint density at radius 3 is 2.94 bits per heavy atom. The summed E-state index contributed by atoms with van der Waals surface area (Å²) in [7, 11) is 0. The molecule has 0 saturated carbocycles. The second kappa shape index (κ2) is 6.24. The van der Waals surface area contributed by atoms with Gasteiger partial charge in [0.05, 0.1) is 0 Å². The summed E-state index contributed by atoms with van der Waals surface area (Å²) in [5, 5.41) is 3.59. The molecule has 0 radical (unpaired) electrons. The Hall–Kier alpha value is -1.02. The van der Waals surface area contributed by atoms with Crippen LogP contribution >= 0.6 is 0 Å². The molecule has 1 aromatic rings. The summed E-state index contributed by atoms with van der Waals surface area (Å²) in [5.74, 6) is 0. The molecular weight excluding hydrogens is 220 g/mol. The Morgan fingerprint density at radius 2 is 2.17 bits per heavy atom. The number of benzene rings is 1. The molecule has 1 aliphatic heterocycles. The van der Waals surface area contributed by atoms with Gasteiger partial charge in [0, 0.05) is 30.9 Å². The van der Waals surface area contributed by atoms with Crippen molar-refractivity contribution in [2.45, 2.75) is 52.1 Å². The summed E-state index contributed by atoms with van der Waals surface area (Å²) >= 11 is 0. The Bertz CT molecular complexity index is 375. The van der Waals surface area contributed by atoms with E-state index in [1.54, 1.807) is 0 Å². The number of rotatable bonds is 5. The van der Waals surface area contributed by atoms with Crippen molar-refractivity contribution in [1.82, 2.24) is 5.32 Å². The Morgan fingerprint density at radius 1 is 1.39 bits per heavy atom. The van der Waals surface area contributed by atoms with Gasteiger partial charge in [-0.05, 0) is 44.7 Å². The van der Waals surface area contributed by atoms with Crippen molar-refractivity contribution in [2.24, 2.45) is 0 Å². The molecular formula is C16H26N2. The number of aryl methyl sites for hydroxylation is 1. The number of fused-ring (bicyclic) bond motifs is 1. The van der Waals surface area contributed by atoms with Crippen LogP contribution in [0, 0.1) is 0 Å². The molecule has 2 atom stereocenters. The maximum absolute atomic E-state index is 3.59. The fourth-order valence-corrected chi connectivity index (χ4v) is 2.68. The SMILES string of the molecule is CCC(C)NCCN1c2ccccc2CCC1C. The predicted molar refractivity (Wildman–Crippen MR) is 79.3 cm³/mol. The van der Waals surface area contributed by atoms with Gasteiger partial charge in [0.1, 0.15) is 0 Å². The largest absolute Gasteiger partial charge is 0.367 e. The minimum absolute atomic E-state index is 0.625. The minimum atomic E-state index is 0.625. The highest BCUT2D eigenvalue weighted by atomic mass is 15.2. The lowest BCUT2D eigenvalue weighted by Gasteiger charge is -2.37. The number of anilines is 1. The zero-order valence-corrected chi connectivity index (χ0v) is 11.9. The van der Waals surface area contributed by atoms with Gasteiger partial charge in [0.2, 0.25) is 0 Å². The van der Waals surface area contributed by atoms with E-state index in [9.17, 15) is 0 Å². The molecule has 2 nitrogen and oxygen atoms in total. The Balaban J connectivity index is 1.98. The first-order valence-corrected chi connectivity index (χ1v) is 7.30. The summed E-state index contributed by atoms with van der Waals surface area (Å²) < 4.78 is 0. The second-order valence-corrected chi connectivity index (χ2v) is 5.47. The molecule has 18 heavy (non-hydrogen) atoms. The second-order valence-electron chi connectivity index (χ2n) is 5.47. The van der Waals surface area contributed by atoms with Gasteiger partial charge in [-0.3, -0.25) is 0 Å². The van der Waals surface area contributed by atoms with Gasteiger partial charge in [-0.1, -0.05) is 25.1 Å². The summed E-state index contributed by atoms with van der Waals surface area (Å²) in [5.41, 5.74) is 2.96. The first-order valence-electron chi connectivity index (χ1n) is 7.30. The molecule has 100 valence electrons. The number of nitrogens with one attached hydrogen (secondary N) is 1. The van der Waals surface area contributed by atoms with Crippen molar-refractivity contribution in [3.8, 4) is 0 Å². The van der Waals surface area contributed by atoms with Gasteiger partial charge in [-0.25, -0.2) is 0 Å². The molecule has 1 heterocycles. The quantitative estimate of drug-likeness (QED) is 0.858. The topological polar surface area (TPSA) is 15.3 Å². The van der Waals surface area contributed by atoms with Gasteiger partial charge in [-0.2, -0.15) is 0 Å². The molecule has 0 spiro atoms. The third kappa shape index (κ3) is 3.05. The zero-order valence-electron chi connectivity index (χ0n) is 11.9. The summed E-state index contributed by atoms with van der Waals surface area (Å²) in [4.78, 5) is 2.56. The monoisotopic (exact) mass is 246 g/mol. The predicted octanol–water partition coefficient (Wildman–Crippen LogP) is 3.22. The van der Waals surface area contributed by atoms with Crippen LogP contribution in [0.15, 0.2) is 24.3 Å². The lowest BCUT2D eigenvalue weighted by Crippen LogP contribution is -2.42. The molecule has 0 amide bonds. The molecule has 0 fully saturated rings. The fraction of sp³-hybridized carbons (Fsp3) is 0.625. The van der Waals surface area contributed by atoms with E-state index < -0.39 is 0 Å². The number of nitrogens with zero attached hydrogens (tertiary/aromatic N) is 1. The highest BCUT2D eigenvalue weighted by molar-refractivity contribution is 5.56. The van der Waals surface area contributed by atoms with E-state index in [0.29, 0.717) is 12.1 Å². The molecule has 0 aliphatic carbocycles. The van der Waals surface area contributed by atoms with E-state index in [2.05, 4.69) is 55.3 Å². The van der Waals surface area contributed by atoms with Gasteiger partial charge in [0.25, 0.3) is 0 Å². The molecule has 2 rings (SSSR count). The number of para-hydroxylation sites is 1. The van der Waals surface area contributed by atoms with Crippen LogP contribution in [-0.4, -0.2) is 25.2 Å². The number of hydrogen-bond donors (Lipinski definition) is 1. The summed E-state index contributed by atoms with van der Waals surface area (Å²) in [6.07, 6.45) is 3.71. The van der Waals surface area contributed by atoms with Crippen LogP contribution in [0.4, 0.5) is 5.69 Å². The summed E-state index contributed by atoms with van der Waals surface area (Å²) in [6, 6.07) is 10.2. The molecule has 1 aliphatic rings. The van der Waals surface area contributed by atoms with E-state index in [-0.39, 0.29) is 0 Å². The fourth-order valence-electron chi connectivity index (χ4n) is 2.68. The van der Waals surface area contributed by atoms with Crippen molar-refractivity contribution in [1.29, 1.82) is 0 Å². The van der Waals surface area contributed by atoms with Gasteiger partial charge in [-0.15, -0.1) is 0 Å². The van der Waals surface area contributed by atoms with Crippen molar-refractivity contribution in [2.75, 3.05) is 18.0 Å². The van der Waals surface area contributed by atoms with E-state index in [4.69, 9.17) is 0 Å². The summed E-state index contributed by atoms with van der Waals surface area (Å²) in [6.45, 7) is 9.03. The van der Waals surface area contributed by atoms with Crippen LogP contribution in [0.2, 0.25) is 0 Å². The third-order valence-electron chi connectivity index (χ3n) is 4.12. The molecule has 1 N–H and O–H groups in total. The van der Waals surface area contributed by atoms with E-state index >= 15 is 0 Å². The molecule has 0 saturated heterocycles. The van der Waals surface area contributed by atoms with Crippen molar-refractivity contribution >= 4 is 5.69 Å². The Labute approximate surface area is 111 Å². The highest BCUT2D eigenvalue weighted by Crippen LogP contribution is 2.29. The van der Waals surface area contributed by atoms with Crippen LogP contribution in [-0.2, 0) is 6.42 Å². The van der Waals surface area contributed by atoms with E-state index in [1.165, 1.54) is 30.5 Å². The first kappa shape index (κ1) is 13.4. The van der Waals surface area contributed by atoms with Crippen molar-refractivity contribution in [3.63, 3.8) is 0 Å². The standard InChI is InChI=1S/C16H26N2/c1-4-13(2)17-11-12-18-14(3)9-10-15-7-5-6-8-16(15)18/h5-8,13-14,17H,4,9-12H2,1-3H3. The van der Waals surface area contributed by atoms with E-state index in [0.717, 1.165) is 13.1 Å². The Kier molecular flexibility index (Phi) is 4.65. The van der Waals surface area contributed by atoms with Crippen LogP contribution < -0.4 is 10.2 Å². The van der Waals surface area contributed by atoms with Gasteiger partial charge < -0.3 is 10.2 Å². The average molecular weight is 246 g/mol. The first-order chi connectivity index (χ1) is 8.72. The molecule has 0 bridgehead atoms. The molecule has 2 unspecified atom stereocenters. The van der Waals surface area contributed by atoms with Crippen LogP contribution in [0.5, 0.6) is 0 Å². The van der Waals surface area contributed by atoms with Crippen molar-refractivity contribution < 1.29 is 0 Å². The smallest absolute Gasteiger partial charge is 0.0401 e. The maximum atomic E-state index is 3.59. The van der Waals surface area contributed by atoms with E-state index in [1.807, 2.05) is 0 Å². The van der Waals surface area contributed by atoms with Gasteiger partial charge in [0.15, 0.2) is 0 Å². The molecule has 1 aromatic carbocycles. The van der Waals surface area contributed by atoms with Gasteiger partial charge >= 0.3 is 0 Å². The lowest BCUT2D eigenvalue weighted by molar-refractivity contribution is 0.503. The molecule has 2 heteroatoms.